The third-order valence-corrected chi connectivity index (χ3v) is 5.35. The standard InChI is InChI=1S/C18H22N4O2.2C2HF3O2/c1-24-11-15-9-21(18(23)14-4-6-19-7-5-14)10-16-17(15)22(12-20-16)8-13-2-3-13;2*3-2(4,5)1(6)7/h4-7,12-13,15H,2-3,8-11H2,1H3;2*(H,6,7). The number of amides is 1. The molecule has 0 aromatic carbocycles. The van der Waals surface area contributed by atoms with Gasteiger partial charge in [-0.15, -0.1) is 0 Å². The fraction of sp³-hybridized carbons (Fsp3) is 0.500. The van der Waals surface area contributed by atoms with Gasteiger partial charge in [0, 0.05) is 49.8 Å². The Balaban J connectivity index is 0.000000301. The number of hydrogen-bond donors (Lipinski definition) is 2. The predicted octanol–water partition coefficient (Wildman–Crippen LogP) is 3.34. The smallest absolute Gasteiger partial charge is 0.475 e. The van der Waals surface area contributed by atoms with Gasteiger partial charge in [-0.25, -0.2) is 14.6 Å². The summed E-state index contributed by atoms with van der Waals surface area (Å²) in [7, 11) is 1.71. The van der Waals surface area contributed by atoms with Gasteiger partial charge in [-0.3, -0.25) is 9.78 Å². The molecule has 0 saturated heterocycles. The number of halogens is 6. The molecule has 2 aliphatic rings. The number of carbonyl (C=O) groups is 3. The first-order valence-electron chi connectivity index (χ1n) is 11.0. The lowest BCUT2D eigenvalue weighted by molar-refractivity contribution is -0.193. The normalized spacial score (nSPS) is 16.8. The summed E-state index contributed by atoms with van der Waals surface area (Å²) in [6.45, 7) is 2.87. The van der Waals surface area contributed by atoms with E-state index in [2.05, 4.69) is 14.5 Å². The number of rotatable bonds is 5. The number of ether oxygens (including phenoxy) is 1. The number of pyridine rings is 1. The lowest BCUT2D eigenvalue weighted by Crippen LogP contribution is -2.40. The maximum Gasteiger partial charge on any atom is 0.490 e. The Labute approximate surface area is 211 Å². The third kappa shape index (κ3) is 9.00. The van der Waals surface area contributed by atoms with Crippen LogP contribution in [-0.4, -0.2) is 80.1 Å². The Morgan fingerprint density at radius 1 is 1.03 bits per heavy atom. The highest BCUT2D eigenvalue weighted by Gasteiger charge is 2.39. The second kappa shape index (κ2) is 12.7. The highest BCUT2D eigenvalue weighted by molar-refractivity contribution is 5.94. The summed E-state index contributed by atoms with van der Waals surface area (Å²) in [6.07, 6.45) is -2.30. The van der Waals surface area contributed by atoms with Crippen LogP contribution in [0.1, 0.15) is 40.5 Å². The maximum atomic E-state index is 12.8. The van der Waals surface area contributed by atoms with Crippen molar-refractivity contribution >= 4 is 17.8 Å². The summed E-state index contributed by atoms with van der Waals surface area (Å²) in [5, 5.41) is 14.2. The van der Waals surface area contributed by atoms with Crippen LogP contribution in [0.4, 0.5) is 26.3 Å². The quantitative estimate of drug-likeness (QED) is 0.538. The van der Waals surface area contributed by atoms with Gasteiger partial charge in [0.25, 0.3) is 5.91 Å². The van der Waals surface area contributed by atoms with Gasteiger partial charge in [0.15, 0.2) is 0 Å². The predicted molar refractivity (Wildman–Crippen MR) is 116 cm³/mol. The molecule has 38 heavy (non-hydrogen) atoms. The van der Waals surface area contributed by atoms with Crippen LogP contribution in [0, 0.1) is 5.92 Å². The number of imidazole rings is 1. The molecule has 1 aliphatic carbocycles. The molecule has 16 heteroatoms. The second-order valence-electron chi connectivity index (χ2n) is 8.35. The number of aromatic nitrogens is 3. The number of methoxy groups -OCH3 is 1. The summed E-state index contributed by atoms with van der Waals surface area (Å²) < 4.78 is 71.2. The third-order valence-electron chi connectivity index (χ3n) is 5.35. The van der Waals surface area contributed by atoms with Gasteiger partial charge in [0.05, 0.1) is 25.2 Å². The molecule has 210 valence electrons. The molecular formula is C22H24F6N4O6. The molecule has 3 heterocycles. The fourth-order valence-electron chi connectivity index (χ4n) is 3.51. The summed E-state index contributed by atoms with van der Waals surface area (Å²) >= 11 is 0. The molecular weight excluding hydrogens is 530 g/mol. The minimum absolute atomic E-state index is 0.0286. The number of carbonyl (C=O) groups excluding carboxylic acids is 1. The van der Waals surface area contributed by atoms with E-state index in [1.807, 2.05) is 11.2 Å². The molecule has 2 N–H and O–H groups in total. The van der Waals surface area contributed by atoms with Crippen molar-refractivity contribution in [2.75, 3.05) is 20.3 Å². The van der Waals surface area contributed by atoms with Crippen LogP contribution in [0.5, 0.6) is 0 Å². The number of carboxylic acids is 2. The summed E-state index contributed by atoms with van der Waals surface area (Å²) in [5.74, 6) is -4.52. The molecule has 1 fully saturated rings. The van der Waals surface area contributed by atoms with Crippen LogP contribution >= 0.6 is 0 Å². The van der Waals surface area contributed by atoms with E-state index in [9.17, 15) is 31.1 Å². The number of aliphatic carboxylic acids is 2. The van der Waals surface area contributed by atoms with Crippen LogP contribution in [0.3, 0.4) is 0 Å². The molecule has 2 aromatic heterocycles. The summed E-state index contributed by atoms with van der Waals surface area (Å²) in [4.78, 5) is 41.0. The van der Waals surface area contributed by atoms with E-state index in [0.717, 1.165) is 18.2 Å². The van der Waals surface area contributed by atoms with E-state index >= 15 is 0 Å². The van der Waals surface area contributed by atoms with Gasteiger partial charge >= 0.3 is 24.3 Å². The Morgan fingerprint density at radius 3 is 2.00 bits per heavy atom. The van der Waals surface area contributed by atoms with Crippen LogP contribution in [-0.2, 0) is 27.4 Å². The largest absolute Gasteiger partial charge is 0.490 e. The Bertz CT molecular complexity index is 1080. The molecule has 1 amide bonds. The molecule has 4 rings (SSSR count). The lowest BCUT2D eigenvalue weighted by Gasteiger charge is -2.33. The molecule has 1 unspecified atom stereocenters. The zero-order chi connectivity index (χ0) is 28.7. The van der Waals surface area contributed by atoms with E-state index in [1.54, 1.807) is 31.6 Å². The van der Waals surface area contributed by atoms with E-state index in [-0.39, 0.29) is 11.8 Å². The fourth-order valence-corrected chi connectivity index (χ4v) is 3.51. The van der Waals surface area contributed by atoms with Crippen molar-refractivity contribution in [2.24, 2.45) is 5.92 Å². The SMILES string of the molecule is COCC1CN(C(=O)c2ccncc2)Cc2ncn(CC3CC3)c21.O=C(O)C(F)(F)F.O=C(O)C(F)(F)F. The lowest BCUT2D eigenvalue weighted by atomic mass is 9.98. The highest BCUT2D eigenvalue weighted by atomic mass is 19.4. The van der Waals surface area contributed by atoms with Crippen LogP contribution < -0.4 is 0 Å². The molecule has 10 nitrogen and oxygen atoms in total. The van der Waals surface area contributed by atoms with Crippen molar-refractivity contribution in [3.63, 3.8) is 0 Å². The maximum absolute atomic E-state index is 12.8. The van der Waals surface area contributed by atoms with E-state index < -0.39 is 24.3 Å². The minimum atomic E-state index is -5.08. The molecule has 1 aliphatic heterocycles. The first-order valence-corrected chi connectivity index (χ1v) is 11.0. The average molecular weight is 554 g/mol. The molecule has 0 radical (unpaired) electrons. The molecule has 1 atom stereocenters. The van der Waals surface area contributed by atoms with Gasteiger partial charge in [-0.2, -0.15) is 26.3 Å². The van der Waals surface area contributed by atoms with Crippen molar-refractivity contribution in [3.05, 3.63) is 47.8 Å². The van der Waals surface area contributed by atoms with Crippen LogP contribution in [0.15, 0.2) is 30.9 Å². The number of fused-ring (bicyclic) bond motifs is 1. The van der Waals surface area contributed by atoms with Gasteiger partial charge in [-0.05, 0) is 30.9 Å². The van der Waals surface area contributed by atoms with Crippen LogP contribution in [0.2, 0.25) is 0 Å². The number of carboxylic acid groups (broad SMARTS) is 2. The average Bonchev–Trinajstić information content (AvgIpc) is 3.56. The second-order valence-corrected chi connectivity index (χ2v) is 8.35. The zero-order valence-corrected chi connectivity index (χ0v) is 19.9. The van der Waals surface area contributed by atoms with Gasteiger partial charge in [0.1, 0.15) is 0 Å². The molecule has 1 saturated carbocycles. The monoisotopic (exact) mass is 554 g/mol. The molecule has 0 bridgehead atoms. The Morgan fingerprint density at radius 2 is 1.55 bits per heavy atom. The van der Waals surface area contributed by atoms with E-state index in [1.165, 1.54) is 18.5 Å². The van der Waals surface area contributed by atoms with Crippen molar-refractivity contribution in [1.82, 2.24) is 19.4 Å². The van der Waals surface area contributed by atoms with Gasteiger partial charge in [-0.1, -0.05) is 0 Å². The van der Waals surface area contributed by atoms with E-state index in [4.69, 9.17) is 24.5 Å². The molecule has 0 spiro atoms. The Kier molecular flexibility index (Phi) is 10.2. The van der Waals surface area contributed by atoms with Crippen molar-refractivity contribution in [3.8, 4) is 0 Å². The molecule has 2 aromatic rings. The Hall–Kier alpha value is -3.69. The number of alkyl halides is 6. The minimum Gasteiger partial charge on any atom is -0.475 e. The van der Waals surface area contributed by atoms with Crippen molar-refractivity contribution < 1.29 is 55.7 Å². The number of hydrogen-bond acceptors (Lipinski definition) is 6. The number of nitrogens with zero attached hydrogens (tertiary/aromatic N) is 4. The van der Waals surface area contributed by atoms with Crippen LogP contribution in [0.25, 0.3) is 0 Å². The highest BCUT2D eigenvalue weighted by Crippen LogP contribution is 2.34. The zero-order valence-electron chi connectivity index (χ0n) is 19.9. The van der Waals surface area contributed by atoms with Crippen molar-refractivity contribution in [2.45, 2.75) is 44.2 Å². The van der Waals surface area contributed by atoms with Crippen molar-refractivity contribution in [1.29, 1.82) is 0 Å². The van der Waals surface area contributed by atoms with Gasteiger partial charge < -0.3 is 24.4 Å². The topological polar surface area (TPSA) is 135 Å². The first kappa shape index (κ1) is 30.5. The summed E-state index contributed by atoms with van der Waals surface area (Å²) in [6, 6.07) is 3.52. The van der Waals surface area contributed by atoms with E-state index in [0.29, 0.717) is 25.3 Å². The first-order chi connectivity index (χ1) is 17.6. The summed E-state index contributed by atoms with van der Waals surface area (Å²) in [5.41, 5.74) is 2.93. The van der Waals surface area contributed by atoms with Gasteiger partial charge in [0.2, 0.25) is 0 Å².